The van der Waals surface area contributed by atoms with Crippen LogP contribution in [-0.4, -0.2) is 35.1 Å². The Morgan fingerprint density at radius 2 is 2.33 bits per heavy atom. The second-order valence-electron chi connectivity index (χ2n) is 6.07. The van der Waals surface area contributed by atoms with Gasteiger partial charge in [0.15, 0.2) is 0 Å². The second kappa shape index (κ2) is 5.27. The minimum absolute atomic E-state index is 0.654. The van der Waals surface area contributed by atoms with E-state index in [1.807, 2.05) is 5.51 Å². The quantitative estimate of drug-likeness (QED) is 0.906. The summed E-state index contributed by atoms with van der Waals surface area (Å²) in [5.41, 5.74) is 3.18. The second-order valence-corrected chi connectivity index (χ2v) is 6.79. The van der Waals surface area contributed by atoms with Gasteiger partial charge in [-0.3, -0.25) is 4.90 Å². The molecule has 0 bridgehead atoms. The fourth-order valence-electron chi connectivity index (χ4n) is 3.03. The van der Waals surface area contributed by atoms with Crippen LogP contribution in [0.25, 0.3) is 0 Å². The van der Waals surface area contributed by atoms with Crippen molar-refractivity contribution in [3.63, 3.8) is 0 Å². The van der Waals surface area contributed by atoms with E-state index >= 15 is 0 Å². The van der Waals surface area contributed by atoms with E-state index in [-0.39, 0.29) is 0 Å². The van der Waals surface area contributed by atoms with Crippen LogP contribution in [0.3, 0.4) is 0 Å². The SMILES string of the molecule is CC(C)C1CNC(C2CC2)CN1Cc1cscn1. The molecule has 1 saturated heterocycles. The summed E-state index contributed by atoms with van der Waals surface area (Å²) in [5, 5.41) is 5.95. The molecule has 1 aromatic rings. The predicted octanol–water partition coefficient (Wildman–Crippen LogP) is 2.35. The van der Waals surface area contributed by atoms with Gasteiger partial charge in [0.25, 0.3) is 0 Å². The molecule has 0 aromatic carbocycles. The molecule has 100 valence electrons. The number of nitrogens with one attached hydrogen (secondary N) is 1. The molecule has 2 aliphatic rings. The fourth-order valence-corrected chi connectivity index (χ4v) is 3.58. The van der Waals surface area contributed by atoms with E-state index in [1.165, 1.54) is 25.1 Å². The molecule has 2 fully saturated rings. The van der Waals surface area contributed by atoms with Gasteiger partial charge in [0.05, 0.1) is 11.2 Å². The summed E-state index contributed by atoms with van der Waals surface area (Å²) >= 11 is 1.70. The van der Waals surface area contributed by atoms with Crippen LogP contribution >= 0.6 is 11.3 Å². The monoisotopic (exact) mass is 265 g/mol. The highest BCUT2D eigenvalue weighted by atomic mass is 32.1. The molecule has 4 heteroatoms. The zero-order chi connectivity index (χ0) is 12.5. The van der Waals surface area contributed by atoms with Gasteiger partial charge >= 0.3 is 0 Å². The average Bonchev–Trinajstić information content (AvgIpc) is 3.08. The van der Waals surface area contributed by atoms with Crippen LogP contribution in [0.4, 0.5) is 0 Å². The number of hydrogen-bond acceptors (Lipinski definition) is 4. The molecule has 3 rings (SSSR count). The summed E-state index contributed by atoms with van der Waals surface area (Å²) < 4.78 is 0. The molecule has 0 amide bonds. The molecule has 1 aliphatic carbocycles. The van der Waals surface area contributed by atoms with Crippen LogP contribution in [0.2, 0.25) is 0 Å². The molecular weight excluding hydrogens is 242 g/mol. The summed E-state index contributed by atoms with van der Waals surface area (Å²) in [4.78, 5) is 7.10. The number of thiazole rings is 1. The molecule has 2 unspecified atom stereocenters. The minimum Gasteiger partial charge on any atom is -0.311 e. The van der Waals surface area contributed by atoms with E-state index < -0.39 is 0 Å². The third-order valence-electron chi connectivity index (χ3n) is 4.30. The number of rotatable bonds is 4. The Morgan fingerprint density at radius 1 is 1.50 bits per heavy atom. The molecule has 18 heavy (non-hydrogen) atoms. The van der Waals surface area contributed by atoms with Crippen molar-refractivity contribution in [3.05, 3.63) is 16.6 Å². The van der Waals surface area contributed by atoms with Crippen LogP contribution in [0.5, 0.6) is 0 Å². The van der Waals surface area contributed by atoms with Gasteiger partial charge in [0, 0.05) is 37.1 Å². The Labute approximate surface area is 114 Å². The van der Waals surface area contributed by atoms with Crippen LogP contribution in [0, 0.1) is 11.8 Å². The van der Waals surface area contributed by atoms with Crippen molar-refractivity contribution >= 4 is 11.3 Å². The fraction of sp³-hybridized carbons (Fsp3) is 0.786. The lowest BCUT2D eigenvalue weighted by molar-refractivity contribution is 0.0842. The molecule has 2 heterocycles. The molecule has 2 atom stereocenters. The van der Waals surface area contributed by atoms with Gasteiger partial charge in [-0.15, -0.1) is 11.3 Å². The van der Waals surface area contributed by atoms with Crippen LogP contribution in [-0.2, 0) is 6.54 Å². The highest BCUT2D eigenvalue weighted by Crippen LogP contribution is 2.35. The molecule has 1 N–H and O–H groups in total. The maximum atomic E-state index is 4.45. The number of piperazine rings is 1. The van der Waals surface area contributed by atoms with Gasteiger partial charge in [0.1, 0.15) is 0 Å². The summed E-state index contributed by atoms with van der Waals surface area (Å²) in [7, 11) is 0. The molecule has 1 saturated carbocycles. The minimum atomic E-state index is 0.654. The third kappa shape index (κ3) is 2.76. The standard InChI is InChI=1S/C14H23N3S/c1-10(2)14-5-15-13(11-3-4-11)7-17(14)6-12-8-18-9-16-12/h8-11,13-15H,3-7H2,1-2H3. The molecular formula is C14H23N3S. The predicted molar refractivity (Wildman–Crippen MR) is 75.7 cm³/mol. The van der Waals surface area contributed by atoms with Crippen molar-refractivity contribution in [2.45, 2.75) is 45.3 Å². The van der Waals surface area contributed by atoms with E-state index in [9.17, 15) is 0 Å². The maximum absolute atomic E-state index is 4.45. The Kier molecular flexibility index (Phi) is 3.68. The highest BCUT2D eigenvalue weighted by molar-refractivity contribution is 7.07. The smallest absolute Gasteiger partial charge is 0.0795 e. The Hall–Kier alpha value is -0.450. The first-order valence-electron chi connectivity index (χ1n) is 7.08. The van der Waals surface area contributed by atoms with Crippen LogP contribution in [0.1, 0.15) is 32.4 Å². The van der Waals surface area contributed by atoms with Gasteiger partial charge in [-0.2, -0.15) is 0 Å². The van der Waals surface area contributed by atoms with E-state index in [4.69, 9.17) is 0 Å². The van der Waals surface area contributed by atoms with Gasteiger partial charge in [-0.05, 0) is 24.7 Å². The Morgan fingerprint density at radius 3 is 2.94 bits per heavy atom. The number of nitrogens with zero attached hydrogens (tertiary/aromatic N) is 2. The summed E-state index contributed by atoms with van der Waals surface area (Å²) in [5.74, 6) is 1.65. The topological polar surface area (TPSA) is 28.2 Å². The first-order chi connectivity index (χ1) is 8.74. The first-order valence-corrected chi connectivity index (χ1v) is 8.03. The zero-order valence-electron chi connectivity index (χ0n) is 11.3. The van der Waals surface area contributed by atoms with E-state index in [0.717, 1.165) is 25.0 Å². The number of aromatic nitrogens is 1. The highest BCUT2D eigenvalue weighted by Gasteiger charge is 2.37. The summed E-state index contributed by atoms with van der Waals surface area (Å²) in [6.07, 6.45) is 2.85. The van der Waals surface area contributed by atoms with Crippen molar-refractivity contribution in [1.29, 1.82) is 0 Å². The first kappa shape index (κ1) is 12.6. The molecule has 0 radical (unpaired) electrons. The van der Waals surface area contributed by atoms with Gasteiger partial charge in [0.2, 0.25) is 0 Å². The van der Waals surface area contributed by atoms with Gasteiger partial charge in [-0.1, -0.05) is 13.8 Å². The average molecular weight is 265 g/mol. The molecule has 1 aliphatic heterocycles. The lowest BCUT2D eigenvalue weighted by atomic mass is 9.97. The molecule has 3 nitrogen and oxygen atoms in total. The van der Waals surface area contributed by atoms with Crippen molar-refractivity contribution in [3.8, 4) is 0 Å². The maximum Gasteiger partial charge on any atom is 0.0795 e. The summed E-state index contributed by atoms with van der Waals surface area (Å²) in [6, 6.07) is 1.38. The van der Waals surface area contributed by atoms with Crippen LogP contribution < -0.4 is 5.32 Å². The Bertz CT molecular complexity index is 372. The van der Waals surface area contributed by atoms with Crippen molar-refractivity contribution in [1.82, 2.24) is 15.2 Å². The van der Waals surface area contributed by atoms with E-state index in [2.05, 4.69) is 34.4 Å². The van der Waals surface area contributed by atoms with Crippen molar-refractivity contribution < 1.29 is 0 Å². The lowest BCUT2D eigenvalue weighted by Crippen LogP contribution is -2.58. The molecule has 1 aromatic heterocycles. The molecule has 0 spiro atoms. The van der Waals surface area contributed by atoms with E-state index in [0.29, 0.717) is 12.0 Å². The summed E-state index contributed by atoms with van der Waals surface area (Å²) in [6.45, 7) is 8.03. The lowest BCUT2D eigenvalue weighted by Gasteiger charge is -2.42. The largest absolute Gasteiger partial charge is 0.311 e. The van der Waals surface area contributed by atoms with Crippen LogP contribution in [0.15, 0.2) is 10.9 Å². The zero-order valence-corrected chi connectivity index (χ0v) is 12.1. The van der Waals surface area contributed by atoms with Crippen molar-refractivity contribution in [2.24, 2.45) is 11.8 Å². The number of hydrogen-bond donors (Lipinski definition) is 1. The van der Waals surface area contributed by atoms with E-state index in [1.54, 1.807) is 11.3 Å². The Balaban J connectivity index is 1.68. The van der Waals surface area contributed by atoms with Gasteiger partial charge < -0.3 is 5.32 Å². The normalized spacial score (nSPS) is 29.9. The third-order valence-corrected chi connectivity index (χ3v) is 4.93. The van der Waals surface area contributed by atoms with Crippen molar-refractivity contribution in [2.75, 3.05) is 13.1 Å². The van der Waals surface area contributed by atoms with Gasteiger partial charge in [-0.25, -0.2) is 4.98 Å².